The summed E-state index contributed by atoms with van der Waals surface area (Å²) in [6.07, 6.45) is 0.813. The molecule has 14 aliphatic rings. The number of nitrogens with zero attached hydrogens (tertiary/aromatic N) is 5. The smallest absolute Gasteiger partial charge is 0.331 e. The van der Waals surface area contributed by atoms with Gasteiger partial charge in [-0.25, -0.2) is 9.59 Å². The first-order chi connectivity index (χ1) is 57.9. The average Bonchev–Trinajstić information content (AvgIpc) is 1.50. The number of aliphatic hydroxyl groups is 1. The monoisotopic (exact) mass is 1700 g/mol. The first-order valence-electron chi connectivity index (χ1n) is 39.9. The molecule has 6 aromatic carbocycles. The number of methoxy groups -OCH3 is 4. The molecule has 14 heterocycles. The van der Waals surface area contributed by atoms with E-state index in [1.807, 2.05) is 58.8 Å². The Balaban J connectivity index is 0.000000172. The van der Waals surface area contributed by atoms with E-state index < -0.39 is 124 Å². The van der Waals surface area contributed by atoms with Crippen molar-refractivity contribution in [2.75, 3.05) is 93.9 Å². The summed E-state index contributed by atoms with van der Waals surface area (Å²) in [6.45, 7) is 15.6. The fourth-order valence-electron chi connectivity index (χ4n) is 21.1. The quantitative estimate of drug-likeness (QED) is 0.0857. The second-order valence-corrected chi connectivity index (χ2v) is 34.6. The highest BCUT2D eigenvalue weighted by Gasteiger charge is 2.65. The second-order valence-electron chi connectivity index (χ2n) is 32.3. The van der Waals surface area contributed by atoms with Gasteiger partial charge in [0.15, 0.2) is 80.1 Å². The van der Waals surface area contributed by atoms with Gasteiger partial charge in [0.2, 0.25) is 13.6 Å². The van der Waals surface area contributed by atoms with E-state index in [1.165, 1.54) is 93.5 Å². The van der Waals surface area contributed by atoms with E-state index >= 15 is 0 Å². The Hall–Kier alpha value is -10.6. The topological polar surface area (TPSA) is 365 Å². The number of hydrogen-bond donors (Lipinski definition) is 3. The van der Waals surface area contributed by atoms with Gasteiger partial charge in [-0.05, 0) is 136 Å². The number of benzene rings is 6. The standard InChI is InChI=1S/C44H46N4O12S.C43H47N3O13S/c1-19-11-25-12-27-28(15-45)48-29-16-55-43(52)44(26-14-30(53-7)31(58-21(3)49)13-24(26)9-10-46-44)17-61-42(34-33(29)40-39(56-18-57-40)20(2)38(34)59-22(4)50)36(48)35(47(27)6)32(25)41(37(19)54-8)60-23(5)51;1-18-11-24-12-26-41(50)46-27-15-54-42(51)43(25-14-28(52-7)29(57-20(3)47)13-23(25)9-10-44-43)16-60-40(32-31(27)38-37(55-17-56-38)19(2)36(32)58-21(4)48)34(46)33(45(26)6)30(24)39(35(18)53-8)59-22(5)49/h11,13-14,27-29,35-36,42,46H,9-10,12,16-18H2,1-8H3;11,13-14,26-27,33-34,40-41,44,50H,9-10,12,15-17H2,1-8H3/t27-,28-,29-,35+,36?,42+,44+;26-,27-,33+,34?,40+,41-,43+/m00/s1. The highest BCUT2D eigenvalue weighted by atomic mass is 32.2. The summed E-state index contributed by atoms with van der Waals surface area (Å²) in [5.41, 5.74) is 8.40. The lowest BCUT2D eigenvalue weighted by Gasteiger charge is -2.62. The number of hydrogen-bond acceptors (Lipinski definition) is 34. The predicted molar refractivity (Wildman–Crippen MR) is 431 cm³/mol. The van der Waals surface area contributed by atoms with E-state index in [-0.39, 0.29) is 67.3 Å². The van der Waals surface area contributed by atoms with Crippen LogP contribution in [-0.4, -0.2) is 203 Å². The molecule has 3 N–H and O–H groups in total. The largest absolute Gasteiger partial charge is 0.493 e. The summed E-state index contributed by atoms with van der Waals surface area (Å²) in [7, 11) is 9.94. The molecule has 32 nitrogen and oxygen atoms in total. The van der Waals surface area contributed by atoms with Crippen LogP contribution in [0, 0.1) is 39.0 Å². The molecular formula is C87H93N7O25S2. The van der Waals surface area contributed by atoms with Gasteiger partial charge in [-0.2, -0.15) is 5.26 Å². The Morgan fingerprint density at radius 2 is 0.860 bits per heavy atom. The molecule has 0 saturated carbocycles. The third kappa shape index (κ3) is 13.0. The number of thioether (sulfide) groups is 2. The molecule has 8 bridgehead atoms. The van der Waals surface area contributed by atoms with Gasteiger partial charge in [0.05, 0.1) is 75.2 Å². The molecule has 4 saturated heterocycles. The van der Waals surface area contributed by atoms with Gasteiger partial charge in [0.1, 0.15) is 37.0 Å². The average molecular weight is 1700 g/mol. The number of nitrogens with one attached hydrogen (secondary N) is 2. The first kappa shape index (κ1) is 82.7. The molecule has 6 aromatic rings. The third-order valence-electron chi connectivity index (χ3n) is 25.6. The fraction of sp³-hybridized carbons (Fsp3) is 0.483. The lowest BCUT2D eigenvalue weighted by Crippen LogP contribution is -2.70. The predicted octanol–water partition coefficient (Wildman–Crippen LogP) is 8.28. The number of likely N-dealkylation sites (N-methyl/N-ethyl adjacent to an activating group) is 2. The number of rotatable bonds is 10. The van der Waals surface area contributed by atoms with Gasteiger partial charge in [-0.15, -0.1) is 23.5 Å². The summed E-state index contributed by atoms with van der Waals surface area (Å²) >= 11 is 2.90. The van der Waals surface area contributed by atoms with Gasteiger partial charge >= 0.3 is 47.8 Å². The van der Waals surface area contributed by atoms with E-state index in [0.29, 0.717) is 141 Å². The number of piperazine rings is 2. The van der Waals surface area contributed by atoms with Gasteiger partial charge in [0, 0.05) is 129 Å². The number of esters is 8. The Bertz CT molecular complexity index is 5500. The molecule has 14 aliphatic heterocycles. The molecular weight excluding hydrogens is 1610 g/mol. The van der Waals surface area contributed by atoms with Gasteiger partial charge in [-0.3, -0.25) is 59.0 Å². The lowest BCUT2D eigenvalue weighted by atomic mass is 9.71. The molecule has 34 heteroatoms. The number of ether oxygens (including phenoxy) is 16. The highest BCUT2D eigenvalue weighted by Crippen LogP contribution is 2.68. The van der Waals surface area contributed by atoms with E-state index in [1.54, 1.807) is 24.3 Å². The number of nitriles is 1. The molecule has 14 atom stereocenters. The molecule has 4 fully saturated rings. The molecule has 638 valence electrons. The zero-order valence-electron chi connectivity index (χ0n) is 69.7. The van der Waals surface area contributed by atoms with Crippen LogP contribution in [0.15, 0.2) is 36.4 Å². The Labute approximate surface area is 705 Å². The minimum absolute atomic E-state index is 0.0876. The number of fused-ring (bicyclic) bond motifs is 18. The number of aliphatic hydroxyl groups excluding tert-OH is 1. The maximum absolute atomic E-state index is 15.0. The Morgan fingerprint density at radius 1 is 0.471 bits per heavy atom. The summed E-state index contributed by atoms with van der Waals surface area (Å²) in [6, 6.07) is 8.17. The van der Waals surface area contributed by atoms with Crippen LogP contribution in [-0.2, 0) is 84.6 Å². The maximum atomic E-state index is 15.0. The van der Waals surface area contributed by atoms with Crippen molar-refractivity contribution in [2.24, 2.45) is 0 Å². The van der Waals surface area contributed by atoms with Crippen LogP contribution >= 0.6 is 23.5 Å². The van der Waals surface area contributed by atoms with Crippen LogP contribution in [0.4, 0.5) is 0 Å². The number of carbonyl (C=O) groups excluding carboxylic acids is 8. The molecule has 0 aliphatic carbocycles. The number of aryl methyl sites for hydroxylation is 2. The van der Waals surface area contributed by atoms with Crippen molar-refractivity contribution in [1.29, 1.82) is 5.26 Å². The minimum atomic E-state index is -1.43. The van der Waals surface area contributed by atoms with E-state index in [4.69, 9.17) is 75.8 Å². The molecule has 121 heavy (non-hydrogen) atoms. The normalized spacial score (nSPS) is 27.2. The van der Waals surface area contributed by atoms with Crippen molar-refractivity contribution >= 4 is 71.3 Å². The molecule has 0 radical (unpaired) electrons. The van der Waals surface area contributed by atoms with Crippen LogP contribution in [0.2, 0.25) is 0 Å². The van der Waals surface area contributed by atoms with Gasteiger partial charge in [0.25, 0.3) is 0 Å². The van der Waals surface area contributed by atoms with E-state index in [2.05, 4.69) is 31.4 Å². The molecule has 2 unspecified atom stereocenters. The van der Waals surface area contributed by atoms with Crippen molar-refractivity contribution in [1.82, 2.24) is 30.2 Å². The van der Waals surface area contributed by atoms with Crippen LogP contribution in [0.3, 0.4) is 0 Å². The summed E-state index contributed by atoms with van der Waals surface area (Å²) in [4.78, 5) is 114. The fourth-order valence-corrected chi connectivity index (χ4v) is 24.4. The van der Waals surface area contributed by atoms with Crippen molar-refractivity contribution < 1.29 is 119 Å². The van der Waals surface area contributed by atoms with Crippen molar-refractivity contribution in [3.8, 4) is 86.6 Å². The molecule has 0 amide bonds. The zero-order chi connectivity index (χ0) is 85.8. The Morgan fingerprint density at radius 3 is 1.26 bits per heavy atom. The van der Waals surface area contributed by atoms with Gasteiger partial charge in [-0.1, -0.05) is 12.1 Å². The van der Waals surface area contributed by atoms with Crippen molar-refractivity contribution in [3.05, 3.63) is 125 Å². The summed E-state index contributed by atoms with van der Waals surface area (Å²) < 4.78 is 96.3. The van der Waals surface area contributed by atoms with Crippen LogP contribution in [0.5, 0.6) is 80.5 Å². The maximum Gasteiger partial charge on any atom is 0.331 e. The summed E-state index contributed by atoms with van der Waals surface area (Å²) in [5, 5.41) is 29.8. The zero-order valence-corrected chi connectivity index (χ0v) is 71.3. The van der Waals surface area contributed by atoms with Crippen LogP contribution in [0.25, 0.3) is 0 Å². The van der Waals surface area contributed by atoms with Crippen molar-refractivity contribution in [2.45, 2.75) is 177 Å². The lowest BCUT2D eigenvalue weighted by molar-refractivity contribution is -0.186. The first-order valence-corrected chi connectivity index (χ1v) is 42.0. The number of carbonyl (C=O) groups is 8. The van der Waals surface area contributed by atoms with Crippen LogP contribution in [0.1, 0.15) is 165 Å². The molecule has 0 aromatic heterocycles. The summed E-state index contributed by atoms with van der Waals surface area (Å²) in [5.74, 6) is 0.681. The Kier molecular flexibility index (Phi) is 21.4. The molecule has 2 spiro atoms. The SMILES string of the molecule is COc1cc2c(cc1OC(C)=O)CCN[C@]21CS[C@@H]2c3c(OC(C)=O)c(C)c4c(c3[C@H](COC1=O)N1C2[C@H]2c3c(cc(C)c(OC)c3OC(C)=O)C[C@@H]([C@@H]1C#N)N2C)OCO4.COc1cc2c(cc1OC(C)=O)CCN[C@]21CS[C@@H]2c3c(OC(C)=O)c(C)c4c(c3[C@H](COC1=O)N1C2[C@H]2c3c(cc(C)c(OC)c3OC(C)=O)C[C@@H]([C@@H]1O)N2C)OCO4. The molecule has 20 rings (SSSR count). The van der Waals surface area contributed by atoms with E-state index in [9.17, 15) is 48.7 Å². The third-order valence-corrected chi connectivity index (χ3v) is 28.6. The highest BCUT2D eigenvalue weighted by molar-refractivity contribution is 7.99. The van der Waals surface area contributed by atoms with Crippen molar-refractivity contribution in [3.63, 3.8) is 0 Å². The van der Waals surface area contributed by atoms with E-state index in [0.717, 1.165) is 44.5 Å². The van der Waals surface area contributed by atoms with Crippen LogP contribution < -0.4 is 76.9 Å². The van der Waals surface area contributed by atoms with Gasteiger partial charge < -0.3 is 80.9 Å². The minimum Gasteiger partial charge on any atom is -0.493 e. The second kappa shape index (κ2) is 31.4.